The minimum atomic E-state index is -3.94. The Labute approximate surface area is 198 Å². The van der Waals surface area contributed by atoms with Crippen molar-refractivity contribution >= 4 is 39.2 Å². The molecule has 1 fully saturated rings. The van der Waals surface area contributed by atoms with E-state index in [0.717, 1.165) is 5.69 Å². The molecule has 1 N–H and O–H groups in total. The topological polar surface area (TPSA) is 105 Å². The number of ether oxygens (including phenoxy) is 2. The Kier molecular flexibility index (Phi) is 8.17. The largest absolute Gasteiger partial charge is 0.497 e. The van der Waals surface area contributed by atoms with E-state index in [0.29, 0.717) is 37.0 Å². The van der Waals surface area contributed by atoms with Gasteiger partial charge in [0.1, 0.15) is 11.8 Å². The Hall–Kier alpha value is -2.82. The van der Waals surface area contributed by atoms with E-state index >= 15 is 0 Å². The molecule has 1 atom stereocenters. The molecule has 1 saturated heterocycles. The van der Waals surface area contributed by atoms with Gasteiger partial charge in [-0.2, -0.15) is 4.72 Å². The fourth-order valence-electron chi connectivity index (χ4n) is 3.34. The van der Waals surface area contributed by atoms with Gasteiger partial charge in [-0.15, -0.1) is 0 Å². The van der Waals surface area contributed by atoms with Gasteiger partial charge >= 0.3 is 5.97 Å². The monoisotopic (exact) mass is 495 g/mol. The smallest absolute Gasteiger partial charge is 0.324 e. The maximum absolute atomic E-state index is 12.5. The Morgan fingerprint density at radius 1 is 1.09 bits per heavy atom. The molecule has 3 rings (SSSR count). The van der Waals surface area contributed by atoms with Crippen molar-refractivity contribution in [2.75, 3.05) is 44.8 Å². The number of nitrogens with one attached hydrogen (secondary N) is 1. The van der Waals surface area contributed by atoms with Gasteiger partial charge in [0.05, 0.1) is 12.0 Å². The van der Waals surface area contributed by atoms with Gasteiger partial charge in [-0.1, -0.05) is 17.7 Å². The van der Waals surface area contributed by atoms with Crippen molar-refractivity contribution in [3.63, 3.8) is 0 Å². The molecule has 0 unspecified atom stereocenters. The minimum absolute atomic E-state index is 0.0170. The summed E-state index contributed by atoms with van der Waals surface area (Å²) in [5, 5.41) is 0.648. The number of carbonyl (C=O) groups excluding carboxylic acids is 2. The predicted octanol–water partition coefficient (Wildman–Crippen LogP) is 1.91. The Bertz CT molecular complexity index is 1090. The molecule has 2 aromatic carbocycles. The maximum atomic E-state index is 12.5. The highest BCUT2D eigenvalue weighted by Crippen LogP contribution is 2.21. The van der Waals surface area contributed by atoms with Gasteiger partial charge < -0.3 is 19.3 Å². The van der Waals surface area contributed by atoms with Gasteiger partial charge in [-0.25, -0.2) is 8.42 Å². The number of hydrogen-bond donors (Lipinski definition) is 1. The van der Waals surface area contributed by atoms with Crippen LogP contribution in [0, 0.1) is 0 Å². The summed E-state index contributed by atoms with van der Waals surface area (Å²) >= 11 is 6.04. The van der Waals surface area contributed by atoms with Gasteiger partial charge in [-0.3, -0.25) is 9.59 Å². The van der Waals surface area contributed by atoms with Crippen LogP contribution in [0.4, 0.5) is 5.69 Å². The van der Waals surface area contributed by atoms with Crippen LogP contribution in [0.3, 0.4) is 0 Å². The molecule has 0 radical (unpaired) electrons. The lowest BCUT2D eigenvalue weighted by Crippen LogP contribution is -2.50. The van der Waals surface area contributed by atoms with Crippen molar-refractivity contribution in [2.24, 2.45) is 0 Å². The molecular weight excluding hydrogens is 470 g/mol. The van der Waals surface area contributed by atoms with Crippen LogP contribution in [0.2, 0.25) is 5.02 Å². The average Bonchev–Trinajstić information content (AvgIpc) is 2.82. The average molecular weight is 496 g/mol. The SMILES string of the molecule is COc1ccc(S(=O)(=O)N[C@@H](C)C(=O)OCC(=O)N2CCN(c3cccc(Cl)c3)CC2)cc1. The van der Waals surface area contributed by atoms with E-state index < -0.39 is 28.6 Å². The van der Waals surface area contributed by atoms with Crippen molar-refractivity contribution in [1.82, 2.24) is 9.62 Å². The summed E-state index contributed by atoms with van der Waals surface area (Å²) in [6.07, 6.45) is 0. The lowest BCUT2D eigenvalue weighted by Gasteiger charge is -2.36. The van der Waals surface area contributed by atoms with Crippen LogP contribution in [-0.4, -0.2) is 71.1 Å². The molecule has 9 nitrogen and oxygen atoms in total. The number of amides is 1. The molecule has 1 heterocycles. The third kappa shape index (κ3) is 6.59. The highest BCUT2D eigenvalue weighted by Gasteiger charge is 2.26. The Balaban J connectivity index is 1.46. The van der Waals surface area contributed by atoms with Crippen molar-refractivity contribution < 1.29 is 27.5 Å². The molecule has 1 amide bonds. The van der Waals surface area contributed by atoms with Crippen LogP contribution in [-0.2, 0) is 24.3 Å². The molecule has 0 saturated carbocycles. The number of halogens is 1. The zero-order chi connectivity index (χ0) is 24.0. The van der Waals surface area contributed by atoms with Crippen molar-refractivity contribution in [3.8, 4) is 5.75 Å². The first-order valence-electron chi connectivity index (χ1n) is 10.3. The van der Waals surface area contributed by atoms with Crippen molar-refractivity contribution in [2.45, 2.75) is 17.9 Å². The summed E-state index contributed by atoms with van der Waals surface area (Å²) in [5.74, 6) is -0.661. The van der Waals surface area contributed by atoms with E-state index in [4.69, 9.17) is 21.1 Å². The molecule has 0 bridgehead atoms. The van der Waals surface area contributed by atoms with Crippen molar-refractivity contribution in [1.29, 1.82) is 0 Å². The Morgan fingerprint density at radius 2 is 1.76 bits per heavy atom. The van der Waals surface area contributed by atoms with E-state index in [-0.39, 0.29) is 10.8 Å². The number of sulfonamides is 1. The lowest BCUT2D eigenvalue weighted by molar-refractivity contribution is -0.153. The highest BCUT2D eigenvalue weighted by molar-refractivity contribution is 7.89. The fraction of sp³-hybridized carbons (Fsp3) is 0.364. The summed E-state index contributed by atoms with van der Waals surface area (Å²) in [6.45, 7) is 3.10. The summed E-state index contributed by atoms with van der Waals surface area (Å²) in [4.78, 5) is 28.4. The van der Waals surface area contributed by atoms with Gasteiger partial charge in [0.2, 0.25) is 10.0 Å². The van der Waals surface area contributed by atoms with E-state index in [1.807, 2.05) is 18.2 Å². The van der Waals surface area contributed by atoms with E-state index in [1.54, 1.807) is 11.0 Å². The standard InChI is InChI=1S/C22H26ClN3O6S/c1-16(24-33(29,30)20-8-6-19(31-2)7-9-20)22(28)32-15-21(27)26-12-10-25(11-13-26)18-5-3-4-17(23)14-18/h3-9,14,16,24H,10-13,15H2,1-2H3/t16-/m0/s1. The van der Waals surface area contributed by atoms with Gasteiger partial charge in [0.25, 0.3) is 5.91 Å². The van der Waals surface area contributed by atoms with Gasteiger partial charge in [0, 0.05) is 36.9 Å². The van der Waals surface area contributed by atoms with E-state index in [9.17, 15) is 18.0 Å². The quantitative estimate of drug-likeness (QED) is 0.557. The van der Waals surface area contributed by atoms with Crippen LogP contribution in [0.25, 0.3) is 0 Å². The molecule has 0 aromatic heterocycles. The molecule has 178 valence electrons. The number of methoxy groups -OCH3 is 1. The molecule has 11 heteroatoms. The van der Waals surface area contributed by atoms with Crippen LogP contribution >= 0.6 is 11.6 Å². The van der Waals surface area contributed by atoms with Crippen molar-refractivity contribution in [3.05, 3.63) is 53.6 Å². The number of rotatable bonds is 8. The molecule has 1 aliphatic heterocycles. The van der Waals surface area contributed by atoms with Crippen LogP contribution in [0.5, 0.6) is 5.75 Å². The molecule has 2 aromatic rings. The predicted molar refractivity (Wildman–Crippen MR) is 124 cm³/mol. The Morgan fingerprint density at radius 3 is 2.36 bits per heavy atom. The molecule has 33 heavy (non-hydrogen) atoms. The number of piperazine rings is 1. The van der Waals surface area contributed by atoms with E-state index in [1.165, 1.54) is 38.3 Å². The van der Waals surface area contributed by atoms with E-state index in [2.05, 4.69) is 9.62 Å². The molecule has 0 aliphatic carbocycles. The fourth-order valence-corrected chi connectivity index (χ4v) is 4.72. The zero-order valence-corrected chi connectivity index (χ0v) is 19.9. The lowest BCUT2D eigenvalue weighted by atomic mass is 10.2. The second kappa shape index (κ2) is 10.9. The number of carbonyl (C=O) groups is 2. The number of nitrogens with zero attached hydrogens (tertiary/aromatic N) is 2. The van der Waals surface area contributed by atoms with Crippen LogP contribution in [0.1, 0.15) is 6.92 Å². The normalized spacial score (nSPS) is 15.1. The number of esters is 1. The minimum Gasteiger partial charge on any atom is -0.497 e. The first-order valence-corrected chi connectivity index (χ1v) is 12.2. The first-order chi connectivity index (χ1) is 15.7. The molecule has 1 aliphatic rings. The number of benzene rings is 2. The third-order valence-corrected chi connectivity index (χ3v) is 6.99. The summed E-state index contributed by atoms with van der Waals surface area (Å²) in [6, 6.07) is 12.1. The summed E-state index contributed by atoms with van der Waals surface area (Å²) in [5.41, 5.74) is 0.985. The summed E-state index contributed by atoms with van der Waals surface area (Å²) < 4.78 is 37.2. The zero-order valence-electron chi connectivity index (χ0n) is 18.4. The van der Waals surface area contributed by atoms with Gasteiger partial charge in [-0.05, 0) is 49.4 Å². The first kappa shape index (κ1) is 24.8. The maximum Gasteiger partial charge on any atom is 0.324 e. The van der Waals surface area contributed by atoms with Crippen LogP contribution < -0.4 is 14.4 Å². The van der Waals surface area contributed by atoms with Crippen LogP contribution in [0.15, 0.2) is 53.4 Å². The molecular formula is C22H26ClN3O6S. The number of anilines is 1. The highest BCUT2D eigenvalue weighted by atomic mass is 35.5. The van der Waals surface area contributed by atoms with Gasteiger partial charge in [0.15, 0.2) is 6.61 Å². The number of hydrogen-bond acceptors (Lipinski definition) is 7. The summed E-state index contributed by atoms with van der Waals surface area (Å²) in [7, 11) is -2.47. The third-order valence-electron chi connectivity index (χ3n) is 5.20. The second-order valence-electron chi connectivity index (χ2n) is 7.47. The second-order valence-corrected chi connectivity index (χ2v) is 9.62. The molecule has 0 spiro atoms.